The highest BCUT2D eigenvalue weighted by atomic mass is 32.2. The highest BCUT2D eigenvalue weighted by Gasteiger charge is 2.28. The summed E-state index contributed by atoms with van der Waals surface area (Å²) in [5.41, 5.74) is 0.823. The molecule has 1 N–H and O–H groups in total. The zero-order chi connectivity index (χ0) is 22.3. The Balaban J connectivity index is 1.77. The minimum Gasteiger partial charge on any atom is -0.494 e. The molecule has 31 heavy (non-hydrogen) atoms. The second-order valence-electron chi connectivity index (χ2n) is 7.81. The number of carbonyl (C=O) groups is 1. The number of ether oxygens (including phenoxy) is 1. The van der Waals surface area contributed by atoms with E-state index in [1.54, 1.807) is 12.1 Å². The van der Waals surface area contributed by atoms with E-state index >= 15 is 0 Å². The third-order valence-corrected chi connectivity index (χ3v) is 7.18. The molecule has 0 aromatic heterocycles. The molecule has 3 rings (SSSR count). The van der Waals surface area contributed by atoms with Crippen molar-refractivity contribution in [2.24, 2.45) is 0 Å². The van der Waals surface area contributed by atoms with Crippen LogP contribution in [-0.2, 0) is 21.4 Å². The number of hydrogen-bond acceptors (Lipinski definition) is 5. The van der Waals surface area contributed by atoms with Gasteiger partial charge in [-0.2, -0.15) is 4.31 Å². The van der Waals surface area contributed by atoms with Gasteiger partial charge in [0.15, 0.2) is 0 Å². The van der Waals surface area contributed by atoms with E-state index in [1.165, 1.54) is 16.4 Å². The van der Waals surface area contributed by atoms with Crippen LogP contribution in [0.4, 0.5) is 0 Å². The summed E-state index contributed by atoms with van der Waals surface area (Å²) in [6.07, 6.45) is 1.74. The highest BCUT2D eigenvalue weighted by Crippen LogP contribution is 2.21. The van der Waals surface area contributed by atoms with Gasteiger partial charge in [-0.1, -0.05) is 30.3 Å². The van der Waals surface area contributed by atoms with Crippen LogP contribution in [0, 0.1) is 0 Å². The van der Waals surface area contributed by atoms with E-state index in [2.05, 4.69) is 17.3 Å². The molecule has 0 atom stereocenters. The lowest BCUT2D eigenvalue weighted by atomic mass is 10.1. The summed E-state index contributed by atoms with van der Waals surface area (Å²) in [6.45, 7) is 4.11. The fraction of sp³-hybridized carbons (Fsp3) is 0.435. The molecule has 168 valence electrons. The Bertz CT molecular complexity index is 941. The van der Waals surface area contributed by atoms with E-state index in [0.717, 1.165) is 31.5 Å². The van der Waals surface area contributed by atoms with Crippen LogP contribution in [-0.4, -0.2) is 62.9 Å². The third kappa shape index (κ3) is 6.53. The minimum absolute atomic E-state index is 0.0791. The molecule has 1 fully saturated rings. The van der Waals surface area contributed by atoms with Gasteiger partial charge in [0.2, 0.25) is 15.9 Å². The van der Waals surface area contributed by atoms with Crippen molar-refractivity contribution in [3.63, 3.8) is 0 Å². The quantitative estimate of drug-likeness (QED) is 0.642. The Morgan fingerprint density at radius 1 is 1.10 bits per heavy atom. The van der Waals surface area contributed by atoms with Gasteiger partial charge in [0.05, 0.1) is 18.0 Å². The van der Waals surface area contributed by atoms with Crippen LogP contribution in [0.3, 0.4) is 0 Å². The van der Waals surface area contributed by atoms with Crippen LogP contribution in [0.2, 0.25) is 0 Å². The number of sulfonamides is 1. The van der Waals surface area contributed by atoms with Crippen LogP contribution in [0.15, 0.2) is 59.5 Å². The van der Waals surface area contributed by atoms with Gasteiger partial charge < -0.3 is 15.0 Å². The fourth-order valence-electron chi connectivity index (χ4n) is 3.62. The second kappa shape index (κ2) is 10.7. The first kappa shape index (κ1) is 23.2. The lowest BCUT2D eigenvalue weighted by Gasteiger charge is -2.30. The molecule has 7 nitrogen and oxygen atoms in total. The summed E-state index contributed by atoms with van der Waals surface area (Å²) in [4.78, 5) is 15.1. The number of nitrogens with one attached hydrogen (secondary N) is 1. The van der Waals surface area contributed by atoms with Crippen molar-refractivity contribution >= 4 is 15.9 Å². The van der Waals surface area contributed by atoms with E-state index in [-0.39, 0.29) is 29.9 Å². The van der Waals surface area contributed by atoms with Crippen LogP contribution in [0.5, 0.6) is 5.75 Å². The van der Waals surface area contributed by atoms with Crippen LogP contribution >= 0.6 is 0 Å². The number of hydrogen-bond donors (Lipinski definition) is 1. The van der Waals surface area contributed by atoms with Crippen LogP contribution < -0.4 is 10.1 Å². The number of amides is 1. The van der Waals surface area contributed by atoms with Gasteiger partial charge in [0.25, 0.3) is 0 Å². The summed E-state index contributed by atoms with van der Waals surface area (Å²) >= 11 is 0. The largest absolute Gasteiger partial charge is 0.494 e. The summed E-state index contributed by atoms with van der Waals surface area (Å²) in [6, 6.07) is 15.7. The molecule has 1 aliphatic rings. The second-order valence-corrected chi connectivity index (χ2v) is 9.75. The maximum absolute atomic E-state index is 13.4. The normalized spacial score (nSPS) is 15.7. The molecule has 1 saturated heterocycles. The molecule has 2 aromatic rings. The van der Waals surface area contributed by atoms with Crippen molar-refractivity contribution in [2.75, 3.05) is 33.3 Å². The average molecular weight is 446 g/mol. The molecule has 0 radical (unpaired) electrons. The van der Waals surface area contributed by atoms with Gasteiger partial charge in [0.1, 0.15) is 5.75 Å². The van der Waals surface area contributed by atoms with Crippen molar-refractivity contribution in [1.29, 1.82) is 0 Å². The molecule has 0 aliphatic carbocycles. The Kier molecular flexibility index (Phi) is 8.06. The predicted molar refractivity (Wildman–Crippen MR) is 120 cm³/mol. The highest BCUT2D eigenvalue weighted by molar-refractivity contribution is 7.89. The number of nitrogens with zero attached hydrogens (tertiary/aromatic N) is 2. The number of carbonyl (C=O) groups excluding carboxylic acids is 1. The molecular weight excluding hydrogens is 414 g/mol. The van der Waals surface area contributed by atoms with Gasteiger partial charge in [-0.05, 0) is 69.7 Å². The van der Waals surface area contributed by atoms with Gasteiger partial charge in [-0.15, -0.1) is 0 Å². The van der Waals surface area contributed by atoms with Crippen LogP contribution in [0.25, 0.3) is 0 Å². The first-order valence-corrected chi connectivity index (χ1v) is 12.1. The van der Waals surface area contributed by atoms with E-state index in [1.807, 2.05) is 37.3 Å². The first-order chi connectivity index (χ1) is 14.9. The minimum atomic E-state index is -3.87. The Morgan fingerprint density at radius 2 is 1.74 bits per heavy atom. The first-order valence-electron chi connectivity index (χ1n) is 10.6. The zero-order valence-corrected chi connectivity index (χ0v) is 19.0. The van der Waals surface area contributed by atoms with Crippen molar-refractivity contribution in [2.45, 2.75) is 37.2 Å². The van der Waals surface area contributed by atoms with Crippen molar-refractivity contribution in [3.05, 3.63) is 60.2 Å². The van der Waals surface area contributed by atoms with Gasteiger partial charge >= 0.3 is 0 Å². The lowest BCUT2D eigenvalue weighted by molar-refractivity contribution is -0.122. The van der Waals surface area contributed by atoms with Gasteiger partial charge in [-0.3, -0.25) is 4.79 Å². The van der Waals surface area contributed by atoms with Gasteiger partial charge in [-0.25, -0.2) is 8.42 Å². The maximum Gasteiger partial charge on any atom is 0.243 e. The molecule has 0 spiro atoms. The zero-order valence-electron chi connectivity index (χ0n) is 18.2. The molecule has 8 heteroatoms. The monoisotopic (exact) mass is 445 g/mol. The maximum atomic E-state index is 13.4. The Morgan fingerprint density at radius 3 is 2.35 bits per heavy atom. The topological polar surface area (TPSA) is 79.0 Å². The average Bonchev–Trinajstić information content (AvgIpc) is 2.76. The van der Waals surface area contributed by atoms with Crippen molar-refractivity contribution in [3.8, 4) is 5.75 Å². The van der Waals surface area contributed by atoms with E-state index in [0.29, 0.717) is 12.4 Å². The number of likely N-dealkylation sites (tertiary alicyclic amines) is 1. The number of rotatable bonds is 9. The molecule has 0 saturated carbocycles. The molecule has 0 bridgehead atoms. The Hall–Kier alpha value is -2.42. The van der Waals surface area contributed by atoms with Gasteiger partial charge in [0, 0.05) is 12.6 Å². The van der Waals surface area contributed by atoms with E-state index in [4.69, 9.17) is 4.74 Å². The molecule has 2 aromatic carbocycles. The van der Waals surface area contributed by atoms with Crippen molar-refractivity contribution < 1.29 is 17.9 Å². The Labute approximate surface area is 185 Å². The van der Waals surface area contributed by atoms with Crippen molar-refractivity contribution in [1.82, 2.24) is 14.5 Å². The standard InChI is InChI=1S/C23H31N3O4S/c1-3-30-21-9-11-22(12-10-21)31(28,29)26(17-19-7-5-4-6-8-19)18-23(27)24-20-13-15-25(2)16-14-20/h4-12,20H,3,13-18H2,1-2H3,(H,24,27). The lowest BCUT2D eigenvalue weighted by Crippen LogP contribution is -2.47. The number of benzene rings is 2. The SMILES string of the molecule is CCOc1ccc(S(=O)(=O)N(CC(=O)NC2CCN(C)CC2)Cc2ccccc2)cc1. The predicted octanol–water partition coefficient (Wildman–Crippen LogP) is 2.49. The van der Waals surface area contributed by atoms with Crippen LogP contribution in [0.1, 0.15) is 25.3 Å². The molecular formula is C23H31N3O4S. The summed E-state index contributed by atoms with van der Waals surface area (Å²) < 4.78 is 33.4. The smallest absolute Gasteiger partial charge is 0.243 e. The number of piperidine rings is 1. The fourth-order valence-corrected chi connectivity index (χ4v) is 5.01. The summed E-state index contributed by atoms with van der Waals surface area (Å²) in [7, 11) is -1.81. The van der Waals surface area contributed by atoms with E-state index in [9.17, 15) is 13.2 Å². The summed E-state index contributed by atoms with van der Waals surface area (Å²) in [5.74, 6) is 0.330. The molecule has 0 unspecified atom stereocenters. The summed E-state index contributed by atoms with van der Waals surface area (Å²) in [5, 5.41) is 3.01. The van der Waals surface area contributed by atoms with E-state index < -0.39 is 10.0 Å². The molecule has 1 aliphatic heterocycles. The molecule has 1 heterocycles. The third-order valence-electron chi connectivity index (χ3n) is 5.38. The molecule has 1 amide bonds.